The third-order valence-corrected chi connectivity index (χ3v) is 7.15. The standard InChI is InChI=1S/C29H29NO3S2/c1-3-21(2)23-13-15-25(16-14-23)32-17-8-18-33-26-12-7-9-22(19-26)20-27-28(31)30(29(34)35-27)24-10-5-4-6-11-24/h4-7,9-16,19-21H,3,8,17-18H2,1-2H3/b27-20-. The van der Waals surface area contributed by atoms with Gasteiger partial charge in [-0.15, -0.1) is 0 Å². The van der Waals surface area contributed by atoms with E-state index in [0.29, 0.717) is 28.4 Å². The van der Waals surface area contributed by atoms with Gasteiger partial charge in [0.15, 0.2) is 4.32 Å². The molecule has 1 aliphatic rings. The first-order valence-electron chi connectivity index (χ1n) is 11.8. The Morgan fingerprint density at radius 2 is 1.66 bits per heavy atom. The molecule has 35 heavy (non-hydrogen) atoms. The Hall–Kier alpha value is -3.09. The van der Waals surface area contributed by atoms with Crippen molar-refractivity contribution in [1.29, 1.82) is 0 Å². The maximum Gasteiger partial charge on any atom is 0.270 e. The smallest absolute Gasteiger partial charge is 0.270 e. The molecule has 1 aliphatic heterocycles. The Kier molecular flexibility index (Phi) is 8.61. The fourth-order valence-electron chi connectivity index (χ4n) is 3.68. The lowest BCUT2D eigenvalue weighted by molar-refractivity contribution is -0.113. The van der Waals surface area contributed by atoms with Crippen LogP contribution in [0.5, 0.6) is 11.5 Å². The monoisotopic (exact) mass is 503 g/mol. The van der Waals surface area contributed by atoms with Gasteiger partial charge in [-0.25, -0.2) is 0 Å². The van der Waals surface area contributed by atoms with Crippen LogP contribution in [0.1, 0.15) is 43.7 Å². The Morgan fingerprint density at radius 3 is 2.37 bits per heavy atom. The predicted octanol–water partition coefficient (Wildman–Crippen LogP) is 7.45. The topological polar surface area (TPSA) is 38.8 Å². The van der Waals surface area contributed by atoms with E-state index < -0.39 is 0 Å². The van der Waals surface area contributed by atoms with Crippen molar-refractivity contribution in [3.05, 3.63) is 94.9 Å². The number of hydrogen-bond acceptors (Lipinski definition) is 5. The zero-order valence-electron chi connectivity index (χ0n) is 20.0. The highest BCUT2D eigenvalue weighted by Gasteiger charge is 2.33. The molecule has 1 atom stereocenters. The average molecular weight is 504 g/mol. The summed E-state index contributed by atoms with van der Waals surface area (Å²) in [4.78, 5) is 15.1. The fraction of sp³-hybridized carbons (Fsp3) is 0.241. The number of benzene rings is 3. The molecule has 4 rings (SSSR count). The molecule has 1 fully saturated rings. The third kappa shape index (κ3) is 6.53. The molecule has 3 aromatic rings. The minimum Gasteiger partial charge on any atom is -0.493 e. The lowest BCUT2D eigenvalue weighted by Crippen LogP contribution is -2.27. The van der Waals surface area contributed by atoms with E-state index in [0.717, 1.165) is 35.6 Å². The van der Waals surface area contributed by atoms with Crippen molar-refractivity contribution in [1.82, 2.24) is 0 Å². The third-order valence-electron chi connectivity index (χ3n) is 5.85. The van der Waals surface area contributed by atoms with Crippen LogP contribution >= 0.6 is 24.0 Å². The minimum absolute atomic E-state index is 0.105. The van der Waals surface area contributed by atoms with Crippen LogP contribution in [-0.4, -0.2) is 23.4 Å². The van der Waals surface area contributed by atoms with Gasteiger partial charge < -0.3 is 9.47 Å². The first-order chi connectivity index (χ1) is 17.0. The number of amides is 1. The van der Waals surface area contributed by atoms with Gasteiger partial charge in [-0.2, -0.15) is 0 Å². The first-order valence-corrected chi connectivity index (χ1v) is 13.1. The number of rotatable bonds is 10. The number of thioether (sulfide) groups is 1. The van der Waals surface area contributed by atoms with Crippen molar-refractivity contribution in [2.24, 2.45) is 0 Å². The summed E-state index contributed by atoms with van der Waals surface area (Å²) in [6, 6.07) is 25.5. The zero-order chi connectivity index (χ0) is 24.6. The molecular formula is C29H29NO3S2. The molecule has 1 unspecified atom stereocenters. The molecule has 180 valence electrons. The van der Waals surface area contributed by atoms with E-state index in [4.69, 9.17) is 21.7 Å². The predicted molar refractivity (Wildman–Crippen MR) is 149 cm³/mol. The van der Waals surface area contributed by atoms with E-state index in [9.17, 15) is 4.79 Å². The summed E-state index contributed by atoms with van der Waals surface area (Å²) in [5.74, 6) is 2.10. The van der Waals surface area contributed by atoms with Crippen molar-refractivity contribution >= 4 is 46.0 Å². The lowest BCUT2D eigenvalue weighted by Gasteiger charge is -2.13. The largest absolute Gasteiger partial charge is 0.493 e. The molecular weight excluding hydrogens is 474 g/mol. The summed E-state index contributed by atoms with van der Waals surface area (Å²) in [5, 5.41) is 0. The molecule has 0 aliphatic carbocycles. The van der Waals surface area contributed by atoms with E-state index in [1.165, 1.54) is 17.3 Å². The number of para-hydroxylation sites is 1. The molecule has 1 saturated heterocycles. The molecule has 0 bridgehead atoms. The minimum atomic E-state index is -0.105. The van der Waals surface area contributed by atoms with E-state index in [2.05, 4.69) is 26.0 Å². The zero-order valence-corrected chi connectivity index (χ0v) is 21.6. The van der Waals surface area contributed by atoms with Gasteiger partial charge in [-0.05, 0) is 65.9 Å². The van der Waals surface area contributed by atoms with Gasteiger partial charge >= 0.3 is 0 Å². The number of ether oxygens (including phenoxy) is 2. The number of nitrogens with zero attached hydrogens (tertiary/aromatic N) is 1. The fourth-order valence-corrected chi connectivity index (χ4v) is 4.98. The second-order valence-corrected chi connectivity index (χ2v) is 10.0. The van der Waals surface area contributed by atoms with Crippen molar-refractivity contribution in [3.63, 3.8) is 0 Å². The van der Waals surface area contributed by atoms with Gasteiger partial charge in [0.2, 0.25) is 0 Å². The van der Waals surface area contributed by atoms with Gasteiger partial charge in [-0.3, -0.25) is 9.69 Å². The highest BCUT2D eigenvalue weighted by molar-refractivity contribution is 8.27. The van der Waals surface area contributed by atoms with Crippen LogP contribution in [0.3, 0.4) is 0 Å². The van der Waals surface area contributed by atoms with Crippen molar-refractivity contribution in [2.45, 2.75) is 32.6 Å². The van der Waals surface area contributed by atoms with Gasteiger partial charge in [0.25, 0.3) is 5.91 Å². The maximum atomic E-state index is 12.9. The molecule has 1 amide bonds. The molecule has 0 aromatic heterocycles. The van der Waals surface area contributed by atoms with Gasteiger partial charge in [0.05, 0.1) is 23.8 Å². The second kappa shape index (κ2) is 12.0. The number of hydrogen-bond donors (Lipinski definition) is 0. The van der Waals surface area contributed by atoms with Crippen LogP contribution in [0.4, 0.5) is 5.69 Å². The number of carbonyl (C=O) groups excluding carboxylic acids is 1. The van der Waals surface area contributed by atoms with Crippen LogP contribution in [-0.2, 0) is 4.79 Å². The van der Waals surface area contributed by atoms with Crippen LogP contribution in [0.25, 0.3) is 6.08 Å². The van der Waals surface area contributed by atoms with E-state index in [1.54, 1.807) is 4.90 Å². The van der Waals surface area contributed by atoms with E-state index >= 15 is 0 Å². The normalized spacial score (nSPS) is 15.5. The Bertz CT molecular complexity index is 1190. The molecule has 0 saturated carbocycles. The first kappa shape index (κ1) is 25.0. The summed E-state index contributed by atoms with van der Waals surface area (Å²) < 4.78 is 12.3. The van der Waals surface area contributed by atoms with E-state index in [1.807, 2.05) is 72.8 Å². The molecule has 0 spiro atoms. The van der Waals surface area contributed by atoms with Crippen molar-refractivity contribution in [3.8, 4) is 11.5 Å². The Balaban J connectivity index is 1.28. The molecule has 0 radical (unpaired) electrons. The summed E-state index contributed by atoms with van der Waals surface area (Å²) in [6.07, 6.45) is 3.76. The Morgan fingerprint density at radius 1 is 0.943 bits per heavy atom. The average Bonchev–Trinajstić information content (AvgIpc) is 3.16. The Labute approximate surface area is 216 Å². The molecule has 6 heteroatoms. The number of anilines is 1. The number of carbonyl (C=O) groups is 1. The van der Waals surface area contributed by atoms with Gasteiger partial charge in [0.1, 0.15) is 11.5 Å². The molecule has 4 nitrogen and oxygen atoms in total. The van der Waals surface area contributed by atoms with Crippen molar-refractivity contribution in [2.75, 3.05) is 18.1 Å². The van der Waals surface area contributed by atoms with Crippen LogP contribution < -0.4 is 14.4 Å². The van der Waals surface area contributed by atoms with Crippen molar-refractivity contribution < 1.29 is 14.3 Å². The molecule has 3 aromatic carbocycles. The molecule has 1 heterocycles. The summed E-state index contributed by atoms with van der Waals surface area (Å²) in [7, 11) is 0. The quantitative estimate of drug-likeness (QED) is 0.163. The van der Waals surface area contributed by atoms with Crippen LogP contribution in [0.2, 0.25) is 0 Å². The van der Waals surface area contributed by atoms with E-state index in [-0.39, 0.29) is 5.91 Å². The second-order valence-electron chi connectivity index (χ2n) is 8.35. The highest BCUT2D eigenvalue weighted by atomic mass is 32.2. The van der Waals surface area contributed by atoms with Gasteiger partial charge in [0, 0.05) is 6.42 Å². The van der Waals surface area contributed by atoms with Gasteiger partial charge in [-0.1, -0.05) is 80.3 Å². The lowest BCUT2D eigenvalue weighted by atomic mass is 9.99. The summed E-state index contributed by atoms with van der Waals surface area (Å²) >= 11 is 6.76. The molecule has 0 N–H and O–H groups in total. The highest BCUT2D eigenvalue weighted by Crippen LogP contribution is 2.36. The summed E-state index contributed by atoms with van der Waals surface area (Å²) in [6.45, 7) is 5.57. The number of thiocarbonyl (C=S) groups is 1. The van der Waals surface area contributed by atoms with Crippen LogP contribution in [0.15, 0.2) is 83.8 Å². The SMILES string of the molecule is CCC(C)c1ccc(OCCCOc2cccc(/C=C3\SC(=S)N(c4ccccc4)C3=O)c2)cc1. The van der Waals surface area contributed by atoms with Crippen LogP contribution in [0, 0.1) is 0 Å². The maximum absolute atomic E-state index is 12.9. The summed E-state index contributed by atoms with van der Waals surface area (Å²) in [5.41, 5.74) is 3.02.